The van der Waals surface area contributed by atoms with Crippen molar-refractivity contribution >= 4 is 76.7 Å². The minimum absolute atomic E-state index is 0.0389. The van der Waals surface area contributed by atoms with Gasteiger partial charge in [0.1, 0.15) is 5.75 Å². The zero-order chi connectivity index (χ0) is 27.2. The van der Waals surface area contributed by atoms with E-state index in [1.165, 1.54) is 0 Å². The zero-order valence-electron chi connectivity index (χ0n) is 18.9. The zero-order valence-corrected chi connectivity index (χ0v) is 21.3. The Morgan fingerprint density at radius 1 is 0.684 bits per heavy atom. The molecule has 194 valence electrons. The van der Waals surface area contributed by atoms with Crippen LogP contribution in [-0.4, -0.2) is 46.0 Å². The van der Waals surface area contributed by atoms with Crippen molar-refractivity contribution < 1.29 is 31.0 Å². The van der Waals surface area contributed by atoms with Crippen LogP contribution in [0.4, 0.5) is 23.3 Å². The number of nitrogens with zero attached hydrogens (tertiary/aromatic N) is 3. The largest absolute Gasteiger partial charge is 0.507 e. The minimum atomic E-state index is -4.77. The fraction of sp³-hybridized carbons (Fsp3) is 0. The molecule has 0 atom stereocenters. The molecule has 0 saturated heterocycles. The SMILES string of the molecule is O=S(=O)(O)c1cc(O)c2c(Nc3nc(Cl)nc(Nc4cccc5ccccc45)n3)cc(S(=O)(=O)O)cc2c1. The predicted molar refractivity (Wildman–Crippen MR) is 141 cm³/mol. The summed E-state index contributed by atoms with van der Waals surface area (Å²) in [7, 11) is -9.52. The van der Waals surface area contributed by atoms with Gasteiger partial charge in [0.15, 0.2) is 0 Å². The molecule has 0 radical (unpaired) electrons. The molecule has 0 aliphatic heterocycles. The van der Waals surface area contributed by atoms with Crippen LogP contribution in [0.5, 0.6) is 5.75 Å². The van der Waals surface area contributed by atoms with Gasteiger partial charge in [0.25, 0.3) is 20.2 Å². The molecule has 0 unspecified atom stereocenters. The highest BCUT2D eigenvalue weighted by Crippen LogP contribution is 2.38. The number of nitrogens with one attached hydrogen (secondary N) is 2. The lowest BCUT2D eigenvalue weighted by molar-refractivity contribution is 0.471. The summed E-state index contributed by atoms with van der Waals surface area (Å²) in [5.74, 6) is -0.745. The van der Waals surface area contributed by atoms with Crippen LogP contribution in [0.1, 0.15) is 0 Å². The highest BCUT2D eigenvalue weighted by atomic mass is 35.5. The van der Waals surface area contributed by atoms with E-state index in [9.17, 15) is 31.0 Å². The fourth-order valence-electron chi connectivity index (χ4n) is 3.87. The van der Waals surface area contributed by atoms with Crippen LogP contribution in [0.15, 0.2) is 76.5 Å². The first kappa shape index (κ1) is 25.6. The van der Waals surface area contributed by atoms with Crippen LogP contribution in [0.25, 0.3) is 21.5 Å². The maximum atomic E-state index is 11.9. The summed E-state index contributed by atoms with van der Waals surface area (Å²) < 4.78 is 66.0. The lowest BCUT2D eigenvalue weighted by Crippen LogP contribution is -2.06. The van der Waals surface area contributed by atoms with Crippen molar-refractivity contribution in [3.05, 3.63) is 72.0 Å². The molecule has 0 saturated carbocycles. The molecule has 0 aliphatic rings. The first-order valence-corrected chi connectivity index (χ1v) is 13.8. The molecule has 4 aromatic carbocycles. The van der Waals surface area contributed by atoms with Gasteiger partial charge in [-0.05, 0) is 46.6 Å². The first-order chi connectivity index (χ1) is 17.9. The summed E-state index contributed by atoms with van der Waals surface area (Å²) in [6.07, 6.45) is 0. The number of phenols is 1. The van der Waals surface area contributed by atoms with Gasteiger partial charge in [-0.25, -0.2) is 0 Å². The lowest BCUT2D eigenvalue weighted by atomic mass is 10.1. The average Bonchev–Trinajstić information content (AvgIpc) is 2.82. The van der Waals surface area contributed by atoms with Crippen molar-refractivity contribution in [1.29, 1.82) is 0 Å². The molecular formula is C23H16ClN5O7S2. The van der Waals surface area contributed by atoms with Crippen LogP contribution >= 0.6 is 11.6 Å². The van der Waals surface area contributed by atoms with Crippen LogP contribution < -0.4 is 10.6 Å². The van der Waals surface area contributed by atoms with Gasteiger partial charge in [0.2, 0.25) is 17.2 Å². The van der Waals surface area contributed by atoms with Crippen LogP contribution in [0.2, 0.25) is 5.28 Å². The summed E-state index contributed by atoms with van der Waals surface area (Å²) in [4.78, 5) is 11.0. The van der Waals surface area contributed by atoms with E-state index in [1.807, 2.05) is 36.4 Å². The van der Waals surface area contributed by atoms with E-state index in [0.29, 0.717) is 5.69 Å². The summed E-state index contributed by atoms with van der Waals surface area (Å²) in [5, 5.41) is 17.8. The number of hydrogen-bond acceptors (Lipinski definition) is 10. The van der Waals surface area contributed by atoms with Crippen molar-refractivity contribution in [2.24, 2.45) is 0 Å². The predicted octanol–water partition coefficient (Wildman–Crippen LogP) is 4.52. The number of benzene rings is 4. The molecule has 5 aromatic rings. The van der Waals surface area contributed by atoms with Crippen molar-refractivity contribution in [2.75, 3.05) is 10.6 Å². The maximum absolute atomic E-state index is 11.9. The summed E-state index contributed by atoms with van der Waals surface area (Å²) >= 11 is 6.10. The van der Waals surface area contributed by atoms with E-state index in [0.717, 1.165) is 35.0 Å². The molecular weight excluding hydrogens is 558 g/mol. The number of phenolic OH excluding ortho intramolecular Hbond substituents is 1. The second-order valence-electron chi connectivity index (χ2n) is 7.99. The number of rotatable bonds is 6. The minimum Gasteiger partial charge on any atom is -0.507 e. The molecule has 5 N–H and O–H groups in total. The Bertz CT molecular complexity index is 1960. The molecule has 0 fully saturated rings. The van der Waals surface area contributed by atoms with E-state index in [-0.39, 0.29) is 33.6 Å². The Morgan fingerprint density at radius 2 is 1.26 bits per heavy atom. The molecule has 0 amide bonds. The van der Waals surface area contributed by atoms with E-state index in [2.05, 4.69) is 25.6 Å². The second kappa shape index (κ2) is 9.34. The molecule has 1 heterocycles. The van der Waals surface area contributed by atoms with E-state index in [4.69, 9.17) is 11.6 Å². The molecule has 0 bridgehead atoms. The molecule has 1 aromatic heterocycles. The lowest BCUT2D eigenvalue weighted by Gasteiger charge is -2.14. The Balaban J connectivity index is 1.62. The standard InChI is InChI=1S/C23H16ClN5O7S2/c24-21-27-22(25-17-7-3-5-12-4-1-2-6-16(12)17)29-23(28-21)26-18-10-14(37(31,32)33)8-13-9-15(38(34,35)36)11-19(30)20(13)18/h1-11,30H,(H,31,32,33)(H,34,35,36)(H2,25,26,27,28,29). The summed E-state index contributed by atoms with van der Waals surface area (Å²) in [5.41, 5.74) is 0.554. The van der Waals surface area contributed by atoms with Gasteiger partial charge in [0, 0.05) is 22.5 Å². The van der Waals surface area contributed by atoms with Gasteiger partial charge in [-0.2, -0.15) is 31.8 Å². The van der Waals surface area contributed by atoms with Crippen molar-refractivity contribution in [2.45, 2.75) is 9.79 Å². The smallest absolute Gasteiger partial charge is 0.294 e. The third kappa shape index (κ3) is 5.16. The van der Waals surface area contributed by atoms with Gasteiger partial charge in [0.05, 0.1) is 15.5 Å². The third-order valence-electron chi connectivity index (χ3n) is 5.46. The van der Waals surface area contributed by atoms with Crippen LogP contribution in [-0.2, 0) is 20.2 Å². The van der Waals surface area contributed by atoms with Gasteiger partial charge >= 0.3 is 0 Å². The molecule has 12 nitrogen and oxygen atoms in total. The fourth-order valence-corrected chi connectivity index (χ4v) is 5.11. The van der Waals surface area contributed by atoms with Crippen molar-refractivity contribution in [3.63, 3.8) is 0 Å². The number of fused-ring (bicyclic) bond motifs is 2. The Labute approximate surface area is 220 Å². The summed E-state index contributed by atoms with van der Waals surface area (Å²) in [6, 6.07) is 16.8. The first-order valence-electron chi connectivity index (χ1n) is 10.6. The van der Waals surface area contributed by atoms with E-state index >= 15 is 0 Å². The highest BCUT2D eigenvalue weighted by Gasteiger charge is 2.20. The monoisotopic (exact) mass is 573 g/mol. The Morgan fingerprint density at radius 3 is 1.92 bits per heavy atom. The maximum Gasteiger partial charge on any atom is 0.294 e. The molecule has 0 aliphatic carbocycles. The highest BCUT2D eigenvalue weighted by molar-refractivity contribution is 7.86. The number of halogens is 1. The number of anilines is 4. The average molecular weight is 574 g/mol. The number of hydrogen-bond donors (Lipinski definition) is 5. The Kier molecular flexibility index (Phi) is 6.28. The van der Waals surface area contributed by atoms with Gasteiger partial charge < -0.3 is 15.7 Å². The van der Waals surface area contributed by atoms with Gasteiger partial charge in [-0.15, -0.1) is 0 Å². The molecule has 38 heavy (non-hydrogen) atoms. The van der Waals surface area contributed by atoms with Crippen molar-refractivity contribution in [1.82, 2.24) is 15.0 Å². The number of aromatic hydroxyl groups is 1. The quantitative estimate of drug-likeness (QED) is 0.179. The van der Waals surface area contributed by atoms with Crippen LogP contribution in [0.3, 0.4) is 0 Å². The second-order valence-corrected chi connectivity index (χ2v) is 11.2. The van der Waals surface area contributed by atoms with Crippen LogP contribution in [0, 0.1) is 0 Å². The Hall–Kier alpha value is -4.08. The normalized spacial score (nSPS) is 12.1. The molecule has 15 heteroatoms. The molecule has 5 rings (SSSR count). The van der Waals surface area contributed by atoms with Gasteiger partial charge in [-0.3, -0.25) is 9.11 Å². The summed E-state index contributed by atoms with van der Waals surface area (Å²) in [6.45, 7) is 0. The van der Waals surface area contributed by atoms with Crippen molar-refractivity contribution in [3.8, 4) is 5.75 Å². The van der Waals surface area contributed by atoms with E-state index in [1.54, 1.807) is 6.07 Å². The topological polar surface area (TPSA) is 192 Å². The van der Waals surface area contributed by atoms with E-state index < -0.39 is 35.8 Å². The third-order valence-corrected chi connectivity index (χ3v) is 7.29. The number of aromatic nitrogens is 3. The molecule has 0 spiro atoms. The van der Waals surface area contributed by atoms with Gasteiger partial charge in [-0.1, -0.05) is 36.4 Å².